The molecule has 3 aromatic rings. The molecule has 1 unspecified atom stereocenters. The van der Waals surface area contributed by atoms with Gasteiger partial charge in [-0.3, -0.25) is 4.90 Å². The Morgan fingerprint density at radius 3 is 2.56 bits per heavy atom. The van der Waals surface area contributed by atoms with Gasteiger partial charge in [-0.25, -0.2) is 17.8 Å². The number of hydrogen-bond acceptors (Lipinski definition) is 6. The lowest BCUT2D eigenvalue weighted by molar-refractivity contribution is 0.268. The highest BCUT2D eigenvalue weighted by Crippen LogP contribution is 2.25. The Kier molecular flexibility index (Phi) is 6.41. The van der Waals surface area contributed by atoms with Gasteiger partial charge in [-0.05, 0) is 76.5 Å². The normalized spacial score (nSPS) is 17.2. The number of nitrogens with one attached hydrogen (secondary N) is 1. The summed E-state index contributed by atoms with van der Waals surface area (Å²) in [5.74, 6) is 0.623. The van der Waals surface area contributed by atoms with E-state index >= 15 is 0 Å². The maximum atomic E-state index is 13.1. The lowest BCUT2D eigenvalue weighted by Gasteiger charge is -2.23. The van der Waals surface area contributed by atoms with Crippen LogP contribution in [0.15, 0.2) is 41.3 Å². The molecule has 2 aromatic heterocycles. The number of nitrogens with zero attached hydrogens (tertiary/aromatic N) is 5. The van der Waals surface area contributed by atoms with Crippen molar-refractivity contribution in [1.82, 2.24) is 29.6 Å². The Labute approximate surface area is 189 Å². The van der Waals surface area contributed by atoms with Gasteiger partial charge in [0.25, 0.3) is 0 Å². The first-order chi connectivity index (χ1) is 15.3. The van der Waals surface area contributed by atoms with E-state index in [1.165, 1.54) is 0 Å². The maximum Gasteiger partial charge on any atom is 0.240 e. The minimum Gasteiger partial charge on any atom is -0.299 e. The van der Waals surface area contributed by atoms with Crippen LogP contribution in [-0.4, -0.2) is 59.0 Å². The number of likely N-dealkylation sites (N-methyl/N-ethyl adjacent to an activating group) is 1. The van der Waals surface area contributed by atoms with Gasteiger partial charge >= 0.3 is 0 Å². The molecule has 0 bridgehead atoms. The van der Waals surface area contributed by atoms with Crippen molar-refractivity contribution in [2.45, 2.75) is 51.5 Å². The molecule has 3 heterocycles. The van der Waals surface area contributed by atoms with Crippen molar-refractivity contribution in [2.75, 3.05) is 19.6 Å². The Morgan fingerprint density at radius 1 is 1.09 bits per heavy atom. The predicted molar refractivity (Wildman–Crippen MR) is 124 cm³/mol. The monoisotopic (exact) mass is 454 g/mol. The minimum atomic E-state index is -3.63. The molecule has 1 N–H and O–H groups in total. The molecule has 0 aliphatic carbocycles. The molecule has 1 saturated heterocycles. The van der Waals surface area contributed by atoms with E-state index in [0.717, 1.165) is 37.3 Å². The molecule has 8 nitrogen and oxygen atoms in total. The molecule has 4 rings (SSSR count). The molecule has 0 amide bonds. The first kappa shape index (κ1) is 22.6. The van der Waals surface area contributed by atoms with Crippen LogP contribution in [0, 0.1) is 20.8 Å². The molecule has 0 spiro atoms. The van der Waals surface area contributed by atoms with E-state index in [0.29, 0.717) is 29.2 Å². The van der Waals surface area contributed by atoms with Crippen molar-refractivity contribution >= 4 is 10.0 Å². The summed E-state index contributed by atoms with van der Waals surface area (Å²) in [4.78, 5) is 2.60. The second-order valence-corrected chi connectivity index (χ2v) is 10.1. The third-order valence-corrected chi connectivity index (χ3v) is 7.63. The molecule has 9 heteroatoms. The third-order valence-electron chi connectivity index (χ3n) is 6.06. The molecule has 1 aromatic carbocycles. The molecule has 32 heavy (non-hydrogen) atoms. The van der Waals surface area contributed by atoms with Crippen LogP contribution in [0.2, 0.25) is 0 Å². The number of hydrogen-bond donors (Lipinski definition) is 1. The first-order valence-corrected chi connectivity index (χ1v) is 12.5. The average Bonchev–Trinajstić information content (AvgIpc) is 3.37. The average molecular weight is 455 g/mol. The van der Waals surface area contributed by atoms with Crippen molar-refractivity contribution in [3.05, 3.63) is 53.3 Å². The van der Waals surface area contributed by atoms with E-state index in [4.69, 9.17) is 0 Å². The van der Waals surface area contributed by atoms with Crippen LogP contribution in [0.4, 0.5) is 0 Å². The summed E-state index contributed by atoms with van der Waals surface area (Å²) < 4.78 is 30.7. The fourth-order valence-corrected chi connectivity index (χ4v) is 5.67. The number of aryl methyl sites for hydroxylation is 3. The second-order valence-electron chi connectivity index (χ2n) is 8.37. The molecule has 0 radical (unpaired) electrons. The Hall–Kier alpha value is -2.62. The summed E-state index contributed by atoms with van der Waals surface area (Å²) in [6.07, 6.45) is 2.13. The van der Waals surface area contributed by atoms with Crippen LogP contribution in [0.25, 0.3) is 17.1 Å². The van der Waals surface area contributed by atoms with Gasteiger partial charge in [0.05, 0.1) is 16.3 Å². The molecule has 1 fully saturated rings. The number of aromatic nitrogens is 4. The van der Waals surface area contributed by atoms with Crippen molar-refractivity contribution in [2.24, 2.45) is 0 Å². The molecular weight excluding hydrogens is 424 g/mol. The number of benzene rings is 1. The summed E-state index contributed by atoms with van der Waals surface area (Å²) in [6, 6.07) is 11.3. The number of likely N-dealkylation sites (tertiary alicyclic amines) is 1. The molecule has 1 aliphatic heterocycles. The summed E-state index contributed by atoms with van der Waals surface area (Å²) in [7, 11) is -3.63. The second kappa shape index (κ2) is 9.09. The van der Waals surface area contributed by atoms with Gasteiger partial charge in [-0.1, -0.05) is 19.1 Å². The summed E-state index contributed by atoms with van der Waals surface area (Å²) in [5.41, 5.74) is 3.91. The zero-order valence-electron chi connectivity index (χ0n) is 19.0. The van der Waals surface area contributed by atoms with Gasteiger partial charge in [-0.2, -0.15) is 5.10 Å². The Balaban J connectivity index is 1.56. The maximum absolute atomic E-state index is 13.1. The van der Waals surface area contributed by atoms with E-state index in [2.05, 4.69) is 31.8 Å². The quantitative estimate of drug-likeness (QED) is 0.590. The highest BCUT2D eigenvalue weighted by molar-refractivity contribution is 7.89. The van der Waals surface area contributed by atoms with Crippen molar-refractivity contribution in [3.8, 4) is 17.1 Å². The Bertz CT molecular complexity index is 1200. The molecule has 0 saturated carbocycles. The SMILES string of the molecule is CCN1CCCC1CNS(=O)(=O)c1cc(-c2ccc(-n3nc(C)cc3C)nn2)ccc1C. The van der Waals surface area contributed by atoms with E-state index in [1.54, 1.807) is 10.7 Å². The zero-order valence-corrected chi connectivity index (χ0v) is 19.9. The number of rotatable bonds is 7. The molecular formula is C23H30N6O2S. The van der Waals surface area contributed by atoms with Crippen LogP contribution < -0.4 is 4.72 Å². The van der Waals surface area contributed by atoms with Crippen LogP contribution in [0.5, 0.6) is 0 Å². The van der Waals surface area contributed by atoms with Crippen LogP contribution in [0.3, 0.4) is 0 Å². The van der Waals surface area contributed by atoms with E-state index < -0.39 is 10.0 Å². The topological polar surface area (TPSA) is 93.0 Å². The lowest BCUT2D eigenvalue weighted by Crippen LogP contribution is -2.40. The van der Waals surface area contributed by atoms with Crippen molar-refractivity contribution < 1.29 is 8.42 Å². The predicted octanol–water partition coefficient (Wildman–Crippen LogP) is 3.02. The first-order valence-electron chi connectivity index (χ1n) is 11.0. The molecule has 1 atom stereocenters. The third kappa shape index (κ3) is 4.60. The van der Waals surface area contributed by atoms with Crippen molar-refractivity contribution in [3.63, 3.8) is 0 Å². The van der Waals surface area contributed by atoms with E-state index in [9.17, 15) is 8.42 Å². The van der Waals surface area contributed by atoms with Crippen molar-refractivity contribution in [1.29, 1.82) is 0 Å². The van der Waals surface area contributed by atoms with Gasteiger partial charge < -0.3 is 0 Å². The summed E-state index contributed by atoms with van der Waals surface area (Å²) >= 11 is 0. The molecule has 170 valence electrons. The van der Waals surface area contributed by atoms with Gasteiger partial charge in [0.2, 0.25) is 10.0 Å². The van der Waals surface area contributed by atoms with Gasteiger partial charge in [0.1, 0.15) is 0 Å². The zero-order chi connectivity index (χ0) is 22.9. The highest BCUT2D eigenvalue weighted by atomic mass is 32.2. The summed E-state index contributed by atoms with van der Waals surface area (Å²) in [5, 5.41) is 13.1. The van der Waals surface area contributed by atoms with Gasteiger partial charge in [0, 0.05) is 23.8 Å². The fourth-order valence-electron chi connectivity index (χ4n) is 4.33. The van der Waals surface area contributed by atoms with Gasteiger partial charge in [0.15, 0.2) is 5.82 Å². The van der Waals surface area contributed by atoms with E-state index in [-0.39, 0.29) is 10.9 Å². The standard InChI is InChI=1S/C23H30N6O2S/c1-5-28-12-6-7-20(28)15-24-32(30,31)22-14-19(9-8-16(22)2)21-10-11-23(26-25-21)29-18(4)13-17(3)27-29/h8-11,13-14,20,24H,5-7,12,15H2,1-4H3. The highest BCUT2D eigenvalue weighted by Gasteiger charge is 2.26. The molecule has 1 aliphatic rings. The largest absolute Gasteiger partial charge is 0.299 e. The summed E-state index contributed by atoms with van der Waals surface area (Å²) in [6.45, 7) is 10.2. The van der Waals surface area contributed by atoms with Crippen LogP contribution in [0.1, 0.15) is 36.7 Å². The van der Waals surface area contributed by atoms with Crippen LogP contribution in [-0.2, 0) is 10.0 Å². The minimum absolute atomic E-state index is 0.256. The lowest BCUT2D eigenvalue weighted by atomic mass is 10.1. The smallest absolute Gasteiger partial charge is 0.240 e. The van der Waals surface area contributed by atoms with Crippen LogP contribution >= 0.6 is 0 Å². The number of sulfonamides is 1. The fraction of sp³-hybridized carbons (Fsp3) is 0.435. The van der Waals surface area contributed by atoms with Gasteiger partial charge in [-0.15, -0.1) is 10.2 Å². The van der Waals surface area contributed by atoms with E-state index in [1.807, 2.05) is 51.1 Å². The Morgan fingerprint density at radius 2 is 1.91 bits per heavy atom.